The van der Waals surface area contributed by atoms with Crippen molar-refractivity contribution in [3.8, 4) is 28.0 Å². The zero-order valence-corrected chi connectivity index (χ0v) is 16.3. The van der Waals surface area contributed by atoms with E-state index in [1.165, 1.54) is 6.07 Å². The number of unbranched alkanes of at least 4 members (excludes halogenated alkanes) is 1. The maximum atomic E-state index is 14.1. The number of aliphatic hydroxyl groups excluding tert-OH is 1. The third kappa shape index (κ3) is 5.30. The molecule has 3 rings (SSSR count). The molecule has 0 aliphatic carbocycles. The van der Waals surface area contributed by atoms with Gasteiger partial charge in [-0.3, -0.25) is 0 Å². The smallest absolute Gasteiger partial charge is 0.200 e. The van der Waals surface area contributed by atoms with Crippen LogP contribution in [0, 0.1) is 11.6 Å². The molecule has 3 aromatic rings. The number of halogens is 2. The Labute approximate surface area is 169 Å². The van der Waals surface area contributed by atoms with E-state index in [0.717, 1.165) is 42.0 Å². The second-order valence-electron chi connectivity index (χ2n) is 7.14. The first-order chi connectivity index (χ1) is 14.0. The lowest BCUT2D eigenvalue weighted by Crippen LogP contribution is -1.97. The van der Waals surface area contributed by atoms with Gasteiger partial charge in [0.2, 0.25) is 5.82 Å². The Balaban J connectivity index is 1.69. The van der Waals surface area contributed by atoms with E-state index in [4.69, 9.17) is 0 Å². The maximum Gasteiger partial charge on any atom is 0.200 e. The minimum absolute atomic E-state index is 0.114. The first kappa shape index (κ1) is 20.7. The summed E-state index contributed by atoms with van der Waals surface area (Å²) >= 11 is 0. The molecule has 0 heterocycles. The van der Waals surface area contributed by atoms with Gasteiger partial charge in [-0.25, -0.2) is 4.39 Å². The molecular formula is C25H24F2O2. The quantitative estimate of drug-likeness (QED) is 0.445. The van der Waals surface area contributed by atoms with Gasteiger partial charge in [-0.1, -0.05) is 60.7 Å². The molecule has 2 nitrogen and oxygen atoms in total. The van der Waals surface area contributed by atoms with Crippen molar-refractivity contribution in [3.05, 3.63) is 83.9 Å². The number of benzene rings is 3. The fourth-order valence-electron chi connectivity index (χ4n) is 3.14. The average molecular weight is 394 g/mol. The van der Waals surface area contributed by atoms with Gasteiger partial charge in [0.05, 0.1) is 6.10 Å². The third-order valence-electron chi connectivity index (χ3n) is 4.80. The summed E-state index contributed by atoms with van der Waals surface area (Å²) in [5.41, 5.74) is 3.76. The first-order valence-corrected chi connectivity index (χ1v) is 9.68. The van der Waals surface area contributed by atoms with Gasteiger partial charge in [0.25, 0.3) is 0 Å². The highest BCUT2D eigenvalue weighted by Crippen LogP contribution is 2.30. The van der Waals surface area contributed by atoms with E-state index in [1.54, 1.807) is 19.1 Å². The largest absolute Gasteiger partial charge is 0.505 e. The van der Waals surface area contributed by atoms with Crippen molar-refractivity contribution in [2.75, 3.05) is 0 Å². The molecule has 1 unspecified atom stereocenters. The number of aliphatic hydroxyl groups is 1. The lowest BCUT2D eigenvalue weighted by atomic mass is 9.99. The average Bonchev–Trinajstić information content (AvgIpc) is 2.72. The van der Waals surface area contributed by atoms with E-state index in [-0.39, 0.29) is 11.7 Å². The van der Waals surface area contributed by atoms with E-state index in [1.807, 2.05) is 36.4 Å². The Kier molecular flexibility index (Phi) is 6.78. The zero-order valence-electron chi connectivity index (χ0n) is 16.3. The highest BCUT2D eigenvalue weighted by atomic mass is 19.2. The number of rotatable bonds is 7. The van der Waals surface area contributed by atoms with Gasteiger partial charge in [-0.15, -0.1) is 0 Å². The van der Waals surface area contributed by atoms with E-state index in [9.17, 15) is 19.0 Å². The van der Waals surface area contributed by atoms with E-state index in [2.05, 4.69) is 12.2 Å². The Hall–Kier alpha value is -2.98. The van der Waals surface area contributed by atoms with Crippen LogP contribution in [0.3, 0.4) is 0 Å². The van der Waals surface area contributed by atoms with Crippen molar-refractivity contribution >= 4 is 6.08 Å². The molecule has 29 heavy (non-hydrogen) atoms. The monoisotopic (exact) mass is 394 g/mol. The van der Waals surface area contributed by atoms with Crippen LogP contribution in [0.5, 0.6) is 5.75 Å². The molecule has 0 bridgehead atoms. The highest BCUT2D eigenvalue weighted by molar-refractivity contribution is 5.72. The Morgan fingerprint density at radius 1 is 0.828 bits per heavy atom. The Morgan fingerprint density at radius 2 is 1.41 bits per heavy atom. The Bertz CT molecular complexity index is 975. The van der Waals surface area contributed by atoms with Crippen LogP contribution in [-0.4, -0.2) is 16.3 Å². The first-order valence-electron chi connectivity index (χ1n) is 9.68. The standard InChI is InChI=1S/C25H24F2O2/c1-17(28)5-3-2-4-6-18-7-9-19(10-8-18)20-11-13-21(14-12-20)22-15-16-23(29)25(27)24(22)26/h4,6-17,28-29H,2-3,5H2,1H3/b6-4+. The second kappa shape index (κ2) is 9.48. The summed E-state index contributed by atoms with van der Waals surface area (Å²) in [6.45, 7) is 1.80. The van der Waals surface area contributed by atoms with Gasteiger partial charge in [-0.2, -0.15) is 4.39 Å². The zero-order chi connectivity index (χ0) is 20.8. The van der Waals surface area contributed by atoms with Crippen LogP contribution in [0.15, 0.2) is 66.7 Å². The molecule has 0 saturated heterocycles. The van der Waals surface area contributed by atoms with Gasteiger partial charge in [0, 0.05) is 5.56 Å². The fourth-order valence-corrected chi connectivity index (χ4v) is 3.14. The van der Waals surface area contributed by atoms with Crippen LogP contribution in [0.4, 0.5) is 8.78 Å². The fraction of sp³-hybridized carbons (Fsp3) is 0.200. The topological polar surface area (TPSA) is 40.5 Å². The van der Waals surface area contributed by atoms with Crippen molar-refractivity contribution in [2.24, 2.45) is 0 Å². The molecule has 1 atom stereocenters. The molecule has 0 aromatic heterocycles. The summed E-state index contributed by atoms with van der Waals surface area (Å²) in [5.74, 6) is -2.98. The third-order valence-corrected chi connectivity index (χ3v) is 4.80. The predicted molar refractivity (Wildman–Crippen MR) is 113 cm³/mol. The van der Waals surface area contributed by atoms with Crippen LogP contribution >= 0.6 is 0 Å². The summed E-state index contributed by atoms with van der Waals surface area (Å²) < 4.78 is 27.6. The molecule has 0 fully saturated rings. The Morgan fingerprint density at radius 3 is 2.03 bits per heavy atom. The van der Waals surface area contributed by atoms with E-state index in [0.29, 0.717) is 5.56 Å². The van der Waals surface area contributed by atoms with Crippen molar-refractivity contribution in [2.45, 2.75) is 32.3 Å². The predicted octanol–water partition coefficient (Wildman–Crippen LogP) is 6.57. The van der Waals surface area contributed by atoms with Crippen molar-refractivity contribution in [1.82, 2.24) is 0 Å². The summed E-state index contributed by atoms with van der Waals surface area (Å²) in [6.07, 6.45) is 6.62. The maximum absolute atomic E-state index is 14.1. The molecule has 3 aromatic carbocycles. The summed E-state index contributed by atoms with van der Waals surface area (Å²) in [4.78, 5) is 0. The lowest BCUT2D eigenvalue weighted by molar-refractivity contribution is 0.182. The number of aromatic hydroxyl groups is 1. The number of hydrogen-bond donors (Lipinski definition) is 2. The lowest BCUT2D eigenvalue weighted by Gasteiger charge is -2.08. The number of phenols is 1. The van der Waals surface area contributed by atoms with Crippen LogP contribution in [0.2, 0.25) is 0 Å². The minimum atomic E-state index is -1.24. The van der Waals surface area contributed by atoms with Crippen molar-refractivity contribution < 1.29 is 19.0 Å². The molecule has 0 radical (unpaired) electrons. The van der Waals surface area contributed by atoms with Gasteiger partial charge >= 0.3 is 0 Å². The molecule has 0 spiro atoms. The van der Waals surface area contributed by atoms with Gasteiger partial charge in [-0.05, 0) is 60.6 Å². The molecule has 4 heteroatoms. The second-order valence-corrected chi connectivity index (χ2v) is 7.14. The summed E-state index contributed by atoms with van der Waals surface area (Å²) in [5, 5.41) is 18.5. The SMILES string of the molecule is CC(O)CCC/C=C/c1ccc(-c2ccc(-c3ccc(O)c(F)c3F)cc2)cc1. The van der Waals surface area contributed by atoms with Crippen LogP contribution < -0.4 is 0 Å². The molecule has 0 amide bonds. The molecule has 0 saturated carbocycles. The normalized spacial score (nSPS) is 12.4. The number of hydrogen-bond acceptors (Lipinski definition) is 2. The van der Waals surface area contributed by atoms with Crippen molar-refractivity contribution in [1.29, 1.82) is 0 Å². The van der Waals surface area contributed by atoms with Gasteiger partial charge in [0.15, 0.2) is 11.6 Å². The highest BCUT2D eigenvalue weighted by Gasteiger charge is 2.14. The van der Waals surface area contributed by atoms with Gasteiger partial charge < -0.3 is 10.2 Å². The molecule has 2 N–H and O–H groups in total. The van der Waals surface area contributed by atoms with Crippen LogP contribution in [0.1, 0.15) is 31.7 Å². The summed E-state index contributed by atoms with van der Waals surface area (Å²) in [6, 6.07) is 17.8. The van der Waals surface area contributed by atoms with E-state index < -0.39 is 17.4 Å². The number of phenolic OH excluding ortho intramolecular Hbond substituents is 1. The summed E-state index contributed by atoms with van der Waals surface area (Å²) in [7, 11) is 0. The van der Waals surface area contributed by atoms with Crippen molar-refractivity contribution in [3.63, 3.8) is 0 Å². The molecule has 150 valence electrons. The molecular weight excluding hydrogens is 370 g/mol. The van der Waals surface area contributed by atoms with Crippen LogP contribution in [0.25, 0.3) is 28.3 Å². The number of allylic oxidation sites excluding steroid dienone is 1. The molecule has 0 aliphatic rings. The molecule has 0 aliphatic heterocycles. The minimum Gasteiger partial charge on any atom is -0.505 e. The van der Waals surface area contributed by atoms with Gasteiger partial charge in [0.1, 0.15) is 0 Å². The van der Waals surface area contributed by atoms with E-state index >= 15 is 0 Å². The van der Waals surface area contributed by atoms with Crippen LogP contribution in [-0.2, 0) is 0 Å².